The fourth-order valence-corrected chi connectivity index (χ4v) is 2.55. The third kappa shape index (κ3) is 12.6. The third-order valence-corrected chi connectivity index (χ3v) is 4.09. The molecule has 26 heavy (non-hydrogen) atoms. The van der Waals surface area contributed by atoms with Crippen molar-refractivity contribution in [3.8, 4) is 0 Å². The smallest absolute Gasteiger partial charge is 0.0506 e. The molecule has 3 nitrogen and oxygen atoms in total. The molecule has 0 heterocycles. The Bertz CT molecular complexity index is 516. The first-order chi connectivity index (χ1) is 12.9. The van der Waals surface area contributed by atoms with Crippen LogP contribution >= 0.6 is 0 Å². The summed E-state index contributed by atoms with van der Waals surface area (Å²) >= 11 is 0. The van der Waals surface area contributed by atoms with E-state index in [1.165, 1.54) is 17.5 Å². The van der Waals surface area contributed by atoms with E-state index in [2.05, 4.69) is 48.5 Å². The van der Waals surface area contributed by atoms with Gasteiger partial charge in [-0.1, -0.05) is 67.1 Å². The van der Waals surface area contributed by atoms with Crippen LogP contribution in [0, 0.1) is 0 Å². The van der Waals surface area contributed by atoms with Crippen LogP contribution in [0.3, 0.4) is 0 Å². The van der Waals surface area contributed by atoms with Gasteiger partial charge in [-0.3, -0.25) is 0 Å². The van der Waals surface area contributed by atoms with Crippen LogP contribution in [-0.2, 0) is 17.6 Å². The molecule has 0 radical (unpaired) electrons. The molecule has 3 N–H and O–H groups in total. The summed E-state index contributed by atoms with van der Waals surface area (Å²) in [4.78, 5) is 0. The SMILES string of the molecule is NCCCCOCCc1ccccc1.OCCCCCc1ccccc1. The van der Waals surface area contributed by atoms with E-state index in [1.54, 1.807) is 0 Å². The maximum atomic E-state index is 8.56. The van der Waals surface area contributed by atoms with Crippen molar-refractivity contribution in [2.45, 2.75) is 44.9 Å². The number of benzene rings is 2. The number of rotatable bonds is 12. The van der Waals surface area contributed by atoms with Crippen LogP contribution in [0.2, 0.25) is 0 Å². The zero-order valence-corrected chi connectivity index (χ0v) is 16.0. The zero-order chi connectivity index (χ0) is 18.7. The van der Waals surface area contributed by atoms with Crippen molar-refractivity contribution in [2.75, 3.05) is 26.4 Å². The molecule has 0 aliphatic rings. The monoisotopic (exact) mass is 357 g/mol. The van der Waals surface area contributed by atoms with Crippen LogP contribution in [0.1, 0.15) is 43.2 Å². The van der Waals surface area contributed by atoms with E-state index in [1.807, 2.05) is 12.1 Å². The van der Waals surface area contributed by atoms with Gasteiger partial charge in [0.05, 0.1) is 6.61 Å². The Morgan fingerprint density at radius 3 is 1.85 bits per heavy atom. The maximum absolute atomic E-state index is 8.56. The molecule has 2 aromatic rings. The number of hydrogen-bond acceptors (Lipinski definition) is 3. The number of ether oxygens (including phenoxy) is 1. The summed E-state index contributed by atoms with van der Waals surface area (Å²) in [6, 6.07) is 20.9. The predicted molar refractivity (Wildman–Crippen MR) is 110 cm³/mol. The minimum Gasteiger partial charge on any atom is -0.396 e. The highest BCUT2D eigenvalue weighted by Gasteiger charge is 1.92. The lowest BCUT2D eigenvalue weighted by atomic mass is 10.1. The third-order valence-electron chi connectivity index (χ3n) is 4.09. The lowest BCUT2D eigenvalue weighted by Gasteiger charge is -2.03. The molecule has 0 saturated carbocycles. The topological polar surface area (TPSA) is 55.5 Å². The molecule has 0 aliphatic carbocycles. The number of nitrogens with two attached hydrogens (primary N) is 1. The Balaban J connectivity index is 0.000000263. The number of aliphatic hydroxyl groups excluding tert-OH is 1. The molecule has 0 bridgehead atoms. The van der Waals surface area contributed by atoms with Gasteiger partial charge in [-0.15, -0.1) is 0 Å². The largest absolute Gasteiger partial charge is 0.396 e. The van der Waals surface area contributed by atoms with Gasteiger partial charge in [0.1, 0.15) is 0 Å². The zero-order valence-electron chi connectivity index (χ0n) is 16.0. The number of unbranched alkanes of at least 4 members (excludes halogenated alkanes) is 3. The Hall–Kier alpha value is -1.68. The van der Waals surface area contributed by atoms with E-state index < -0.39 is 0 Å². The molecule has 0 spiro atoms. The molecule has 144 valence electrons. The van der Waals surface area contributed by atoms with Crippen molar-refractivity contribution >= 4 is 0 Å². The molecule has 0 aliphatic heterocycles. The van der Waals surface area contributed by atoms with Gasteiger partial charge >= 0.3 is 0 Å². The first kappa shape index (κ1) is 22.4. The van der Waals surface area contributed by atoms with Crippen LogP contribution in [0.25, 0.3) is 0 Å². The molecule has 3 heteroatoms. The molecule has 0 aromatic heterocycles. The van der Waals surface area contributed by atoms with Gasteiger partial charge in [0, 0.05) is 13.2 Å². The van der Waals surface area contributed by atoms with Crippen LogP contribution in [0.5, 0.6) is 0 Å². The molecule has 0 atom stereocenters. The molecular weight excluding hydrogens is 322 g/mol. The summed E-state index contributed by atoms with van der Waals surface area (Å²) in [7, 11) is 0. The van der Waals surface area contributed by atoms with E-state index in [0.717, 1.165) is 58.3 Å². The number of aliphatic hydroxyl groups is 1. The summed E-state index contributed by atoms with van der Waals surface area (Å²) < 4.78 is 5.48. The van der Waals surface area contributed by atoms with E-state index in [0.29, 0.717) is 6.61 Å². The van der Waals surface area contributed by atoms with Gasteiger partial charge in [0.25, 0.3) is 0 Å². The van der Waals surface area contributed by atoms with E-state index >= 15 is 0 Å². The van der Waals surface area contributed by atoms with Crippen LogP contribution in [-0.4, -0.2) is 31.5 Å². The first-order valence-electron chi connectivity index (χ1n) is 9.83. The highest BCUT2D eigenvalue weighted by atomic mass is 16.5. The molecular formula is C23H35NO2. The molecule has 0 saturated heterocycles. The number of aryl methyl sites for hydroxylation is 1. The Morgan fingerprint density at radius 1 is 0.654 bits per heavy atom. The van der Waals surface area contributed by atoms with Crippen molar-refractivity contribution < 1.29 is 9.84 Å². The van der Waals surface area contributed by atoms with Gasteiger partial charge in [-0.25, -0.2) is 0 Å². The standard InChI is InChI=1S/C12H19NO.C11H16O/c13-9-4-5-10-14-11-8-12-6-2-1-3-7-12;12-10-6-2-5-9-11-7-3-1-4-8-11/h1-3,6-7H,4-5,8-11,13H2;1,3-4,7-8,12H,2,5-6,9-10H2. The summed E-state index contributed by atoms with van der Waals surface area (Å²) in [5.74, 6) is 0. The van der Waals surface area contributed by atoms with Crippen molar-refractivity contribution in [3.63, 3.8) is 0 Å². The second-order valence-corrected chi connectivity index (χ2v) is 6.36. The van der Waals surface area contributed by atoms with E-state index in [-0.39, 0.29) is 0 Å². The highest BCUT2D eigenvalue weighted by Crippen LogP contribution is 2.05. The molecule has 0 fully saturated rings. The predicted octanol–water partition coefficient (Wildman–Crippen LogP) is 4.38. The molecule has 2 rings (SSSR count). The molecule has 0 unspecified atom stereocenters. The minimum absolute atomic E-state index is 0.328. The second-order valence-electron chi connectivity index (χ2n) is 6.36. The normalized spacial score (nSPS) is 10.2. The minimum atomic E-state index is 0.328. The van der Waals surface area contributed by atoms with Crippen molar-refractivity contribution in [3.05, 3.63) is 71.8 Å². The van der Waals surface area contributed by atoms with Crippen LogP contribution in [0.4, 0.5) is 0 Å². The summed E-state index contributed by atoms with van der Waals surface area (Å²) in [5.41, 5.74) is 8.12. The van der Waals surface area contributed by atoms with Crippen molar-refractivity contribution in [1.29, 1.82) is 0 Å². The first-order valence-corrected chi connectivity index (χ1v) is 9.83. The molecule has 2 aromatic carbocycles. The van der Waals surface area contributed by atoms with Crippen molar-refractivity contribution in [2.24, 2.45) is 5.73 Å². The number of hydrogen-bond donors (Lipinski definition) is 2. The van der Waals surface area contributed by atoms with Crippen LogP contribution < -0.4 is 5.73 Å². The van der Waals surface area contributed by atoms with Gasteiger partial charge in [-0.2, -0.15) is 0 Å². The highest BCUT2D eigenvalue weighted by molar-refractivity contribution is 5.15. The lowest BCUT2D eigenvalue weighted by Crippen LogP contribution is -2.03. The maximum Gasteiger partial charge on any atom is 0.0506 e. The van der Waals surface area contributed by atoms with E-state index in [9.17, 15) is 0 Å². The quantitative estimate of drug-likeness (QED) is 0.554. The summed E-state index contributed by atoms with van der Waals surface area (Å²) in [5, 5.41) is 8.56. The molecule has 0 amide bonds. The Labute approximate surface area is 159 Å². The Kier molecular flexibility index (Phi) is 14.4. The second kappa shape index (κ2) is 16.8. The average Bonchev–Trinajstić information content (AvgIpc) is 2.70. The van der Waals surface area contributed by atoms with Gasteiger partial charge in [0.2, 0.25) is 0 Å². The van der Waals surface area contributed by atoms with Crippen molar-refractivity contribution in [1.82, 2.24) is 0 Å². The van der Waals surface area contributed by atoms with Crippen LogP contribution in [0.15, 0.2) is 60.7 Å². The fraction of sp³-hybridized carbons (Fsp3) is 0.478. The van der Waals surface area contributed by atoms with E-state index in [4.69, 9.17) is 15.6 Å². The van der Waals surface area contributed by atoms with Gasteiger partial charge in [0.15, 0.2) is 0 Å². The average molecular weight is 358 g/mol. The Morgan fingerprint density at radius 2 is 1.27 bits per heavy atom. The fourth-order valence-electron chi connectivity index (χ4n) is 2.55. The van der Waals surface area contributed by atoms with Gasteiger partial charge in [-0.05, 0) is 56.2 Å². The summed E-state index contributed by atoms with van der Waals surface area (Å²) in [6.45, 7) is 2.75. The van der Waals surface area contributed by atoms with Gasteiger partial charge < -0.3 is 15.6 Å². The lowest BCUT2D eigenvalue weighted by molar-refractivity contribution is 0.134. The summed E-state index contributed by atoms with van der Waals surface area (Å²) in [6.07, 6.45) is 7.53.